The van der Waals surface area contributed by atoms with Gasteiger partial charge in [0.25, 0.3) is 0 Å². The Morgan fingerprint density at radius 1 is 0.854 bits per heavy atom. The van der Waals surface area contributed by atoms with Gasteiger partial charge in [-0.1, -0.05) is 27.7 Å². The van der Waals surface area contributed by atoms with Crippen LogP contribution in [0.15, 0.2) is 66.6 Å². The predicted octanol–water partition coefficient (Wildman–Crippen LogP) is 10.9. The standard InChI is InChI=1S/C29H34Ge2N.C13H24O2.Ir/c1-29(2,3)25-17-22(16-20-10-8-9-11-23(20)25)28-24-19-27-26(18-21(24)12-15-32-28)30(4,5)13-14-31(27,6)7;1-5-10(6-2)12(14)9-13(15)11(7-3)8-4;/h8-12,15,17-19H,13-14H2,1-7H3;9-11,14H,5-8H2,1-4H3;/q-1;;/b;12-9-;. The van der Waals surface area contributed by atoms with Crippen LogP contribution in [0.5, 0.6) is 0 Å². The minimum atomic E-state index is -1.99. The van der Waals surface area contributed by atoms with Gasteiger partial charge in [-0.25, -0.2) is 0 Å². The van der Waals surface area contributed by atoms with E-state index in [0.29, 0.717) is 0 Å². The normalized spacial score (nSPS) is 15.6. The van der Waals surface area contributed by atoms with Crippen LogP contribution in [0.2, 0.25) is 33.5 Å². The number of aromatic nitrogens is 1. The molecule has 3 aromatic carbocycles. The van der Waals surface area contributed by atoms with Crippen molar-refractivity contribution in [3.63, 3.8) is 0 Å². The van der Waals surface area contributed by atoms with Crippen LogP contribution in [0.3, 0.4) is 0 Å². The zero-order valence-corrected chi connectivity index (χ0v) is 37.9. The Balaban J connectivity index is 0.000000334. The van der Waals surface area contributed by atoms with Crippen LogP contribution in [0.1, 0.15) is 79.7 Å². The SMILES string of the molecule is CC(C)(C)c1cc(-c2nccc3c[c]4[c](cc23)[Ge]([CH3])([CH3])[CH2][CH2][Ge]4([CH3])[CH3])[c-]c2ccccc12.CCC(CC)C(=O)/C=C(\O)C(CC)CC.[Ir]. The van der Waals surface area contributed by atoms with Crippen LogP contribution in [-0.4, -0.2) is 42.4 Å². The molecule has 48 heavy (non-hydrogen) atoms. The molecule has 6 heteroatoms. The van der Waals surface area contributed by atoms with Crippen LogP contribution >= 0.6 is 0 Å². The molecule has 0 spiro atoms. The van der Waals surface area contributed by atoms with E-state index in [9.17, 15) is 9.90 Å². The van der Waals surface area contributed by atoms with Crippen LogP contribution in [0.4, 0.5) is 0 Å². The van der Waals surface area contributed by atoms with Gasteiger partial charge in [-0.3, -0.25) is 4.79 Å². The number of carbonyl (C=O) groups excluding carboxylic acids is 1. The summed E-state index contributed by atoms with van der Waals surface area (Å²) in [5.74, 6) is 11.0. The molecule has 1 radical (unpaired) electrons. The molecule has 1 aliphatic rings. The van der Waals surface area contributed by atoms with E-state index in [2.05, 4.69) is 98.4 Å². The summed E-state index contributed by atoms with van der Waals surface area (Å²) in [6, 6.07) is 22.1. The molecule has 261 valence electrons. The van der Waals surface area contributed by atoms with E-state index >= 15 is 0 Å². The van der Waals surface area contributed by atoms with Crippen LogP contribution in [-0.2, 0) is 30.3 Å². The minimum Gasteiger partial charge on any atom is -0.512 e. The molecule has 0 atom stereocenters. The predicted molar refractivity (Wildman–Crippen MR) is 210 cm³/mol. The van der Waals surface area contributed by atoms with Crippen molar-refractivity contribution in [1.29, 1.82) is 0 Å². The summed E-state index contributed by atoms with van der Waals surface area (Å²) in [6.07, 6.45) is 6.91. The number of ketones is 1. The number of hydrogen-bond donors (Lipinski definition) is 1. The summed E-state index contributed by atoms with van der Waals surface area (Å²) in [6.45, 7) is 15.0. The topological polar surface area (TPSA) is 50.2 Å². The Morgan fingerprint density at radius 3 is 1.98 bits per heavy atom. The molecule has 0 unspecified atom stereocenters. The van der Waals surface area contributed by atoms with Crippen LogP contribution < -0.4 is 8.79 Å². The van der Waals surface area contributed by atoms with Gasteiger partial charge in [-0.15, -0.1) is 0 Å². The molecule has 1 N–H and O–H groups in total. The van der Waals surface area contributed by atoms with E-state index in [4.69, 9.17) is 4.98 Å². The molecule has 2 heterocycles. The maximum atomic E-state index is 11.7. The summed E-state index contributed by atoms with van der Waals surface area (Å²) >= 11 is -3.92. The van der Waals surface area contributed by atoms with Crippen LogP contribution in [0.25, 0.3) is 32.8 Å². The summed E-state index contributed by atoms with van der Waals surface area (Å²) in [5.41, 5.74) is 3.65. The quantitative estimate of drug-likeness (QED) is 0.0829. The van der Waals surface area contributed by atoms with Gasteiger partial charge in [-0.2, -0.15) is 0 Å². The van der Waals surface area contributed by atoms with Crippen LogP contribution in [0, 0.1) is 17.9 Å². The molecule has 0 bridgehead atoms. The van der Waals surface area contributed by atoms with Gasteiger partial charge < -0.3 is 5.11 Å². The van der Waals surface area contributed by atoms with Crippen molar-refractivity contribution in [1.82, 2.24) is 4.98 Å². The average Bonchev–Trinajstić information content (AvgIpc) is 3.03. The molecule has 0 saturated carbocycles. The first-order valence-corrected chi connectivity index (χ1v) is 31.4. The molecule has 0 saturated heterocycles. The first-order chi connectivity index (χ1) is 22.1. The van der Waals surface area contributed by atoms with Crippen molar-refractivity contribution in [2.24, 2.45) is 11.8 Å². The van der Waals surface area contributed by atoms with Crippen molar-refractivity contribution in [2.45, 2.75) is 113 Å². The summed E-state index contributed by atoms with van der Waals surface area (Å²) in [4.78, 5) is 16.7. The number of rotatable bonds is 8. The fraction of sp³-hybridized carbons (Fsp3) is 0.476. The molecule has 0 fully saturated rings. The molecular weight excluding hydrogens is 888 g/mol. The molecule has 4 aromatic rings. The summed E-state index contributed by atoms with van der Waals surface area (Å²) in [5, 5.41) is 17.9. The summed E-state index contributed by atoms with van der Waals surface area (Å²) < 4.78 is 3.52. The third-order valence-electron chi connectivity index (χ3n) is 10.7. The van der Waals surface area contributed by atoms with E-state index in [1.807, 2.05) is 33.9 Å². The Labute approximate surface area is 309 Å². The zero-order valence-electron chi connectivity index (χ0n) is 31.3. The Hall–Kier alpha value is -1.72. The Morgan fingerprint density at radius 2 is 1.42 bits per heavy atom. The van der Waals surface area contributed by atoms with Gasteiger partial charge in [0.2, 0.25) is 0 Å². The van der Waals surface area contributed by atoms with Crippen molar-refractivity contribution in [3.8, 4) is 11.3 Å². The first-order valence-electron chi connectivity index (χ1n) is 17.9. The number of fused-ring (bicyclic) bond motifs is 3. The fourth-order valence-electron chi connectivity index (χ4n) is 7.21. The second-order valence-electron chi connectivity index (χ2n) is 15.9. The molecule has 1 aromatic heterocycles. The van der Waals surface area contributed by atoms with E-state index in [0.717, 1.165) is 36.9 Å². The molecular formula is C42H58Ge2IrNO2-. The molecule has 0 amide bonds. The second kappa shape index (κ2) is 16.5. The van der Waals surface area contributed by atoms with Gasteiger partial charge in [0.1, 0.15) is 0 Å². The van der Waals surface area contributed by atoms with Gasteiger partial charge >= 0.3 is 199 Å². The number of allylic oxidation sites excluding steroid dienone is 2. The number of nitrogens with zero attached hydrogens (tertiary/aromatic N) is 1. The van der Waals surface area contributed by atoms with Gasteiger partial charge in [0, 0.05) is 38.0 Å². The fourth-order valence-corrected chi connectivity index (χ4v) is 37.6. The monoisotopic (exact) mass is 949 g/mol. The van der Waals surface area contributed by atoms with Gasteiger partial charge in [0.05, 0.1) is 5.76 Å². The number of aliphatic hydroxyl groups excluding tert-OH is 1. The largest absolute Gasteiger partial charge is 0.512 e. The molecule has 1 aliphatic heterocycles. The maximum absolute atomic E-state index is 11.7. The van der Waals surface area contributed by atoms with Crippen molar-refractivity contribution in [2.75, 3.05) is 0 Å². The Bertz CT molecular complexity index is 1760. The van der Waals surface area contributed by atoms with E-state index in [-0.39, 0.29) is 48.9 Å². The first kappa shape index (κ1) is 40.7. The third kappa shape index (κ3) is 8.95. The minimum absolute atomic E-state index is 0. The third-order valence-corrected chi connectivity index (χ3v) is 28.1. The average molecular weight is 946 g/mol. The number of pyridine rings is 1. The van der Waals surface area contributed by atoms with Crippen molar-refractivity contribution < 1.29 is 30.0 Å². The maximum Gasteiger partial charge on any atom is 0.162 e. The van der Waals surface area contributed by atoms with Gasteiger partial charge in [-0.05, 0) is 25.7 Å². The number of benzene rings is 3. The zero-order chi connectivity index (χ0) is 34.7. The number of hydrogen-bond acceptors (Lipinski definition) is 3. The van der Waals surface area contributed by atoms with E-state index in [1.54, 1.807) is 8.79 Å². The number of carbonyl (C=O) groups is 1. The van der Waals surface area contributed by atoms with E-state index in [1.165, 1.54) is 43.7 Å². The summed E-state index contributed by atoms with van der Waals surface area (Å²) in [7, 11) is 0. The molecule has 5 rings (SSSR count). The van der Waals surface area contributed by atoms with Crippen molar-refractivity contribution >= 4 is 62.7 Å². The van der Waals surface area contributed by atoms with Gasteiger partial charge in [0.15, 0.2) is 5.78 Å². The molecule has 0 aliphatic carbocycles. The van der Waals surface area contributed by atoms with E-state index < -0.39 is 26.5 Å². The number of aliphatic hydroxyl groups is 1. The van der Waals surface area contributed by atoms with Crippen molar-refractivity contribution in [3.05, 3.63) is 78.2 Å². The molecule has 3 nitrogen and oxygen atoms in total. The Kier molecular flexibility index (Phi) is 14.0. The smallest absolute Gasteiger partial charge is 0.162 e. The second-order valence-corrected chi connectivity index (χ2v) is 36.1.